The third kappa shape index (κ3) is 1.80. The van der Waals surface area contributed by atoms with Crippen molar-refractivity contribution in [3.8, 4) is 0 Å². The molecule has 0 saturated carbocycles. The zero-order valence-electron chi connectivity index (χ0n) is 9.79. The van der Waals surface area contributed by atoms with Crippen molar-refractivity contribution in [1.29, 1.82) is 0 Å². The van der Waals surface area contributed by atoms with Gasteiger partial charge in [0.05, 0.1) is 25.9 Å². The summed E-state index contributed by atoms with van der Waals surface area (Å²) in [5, 5.41) is 0. The van der Waals surface area contributed by atoms with E-state index in [1.807, 2.05) is 0 Å². The van der Waals surface area contributed by atoms with Crippen LogP contribution in [0.1, 0.15) is 27.2 Å². The molecular formula is C11H21NO3. The molecular weight excluding hydrogens is 194 g/mol. The van der Waals surface area contributed by atoms with Gasteiger partial charge in [0.25, 0.3) is 5.97 Å². The van der Waals surface area contributed by atoms with Crippen molar-refractivity contribution in [2.75, 3.05) is 19.8 Å². The van der Waals surface area contributed by atoms with E-state index in [0.29, 0.717) is 25.7 Å². The highest BCUT2D eigenvalue weighted by Crippen LogP contribution is 2.40. The summed E-state index contributed by atoms with van der Waals surface area (Å²) in [4.78, 5) is 0. The van der Waals surface area contributed by atoms with Crippen molar-refractivity contribution in [3.63, 3.8) is 0 Å². The van der Waals surface area contributed by atoms with Crippen molar-refractivity contribution >= 4 is 0 Å². The summed E-state index contributed by atoms with van der Waals surface area (Å²) in [7, 11) is 0. The fraction of sp³-hybridized carbons (Fsp3) is 1.00. The van der Waals surface area contributed by atoms with Crippen LogP contribution in [-0.2, 0) is 14.2 Å². The Hall–Kier alpha value is -0.160. The zero-order chi connectivity index (χ0) is 11.1. The van der Waals surface area contributed by atoms with Gasteiger partial charge in [-0.05, 0) is 5.92 Å². The second kappa shape index (κ2) is 3.70. The minimum atomic E-state index is -0.979. The van der Waals surface area contributed by atoms with E-state index in [1.54, 1.807) is 0 Å². The molecule has 3 aliphatic heterocycles. The average Bonchev–Trinajstić information content (AvgIpc) is 2.28. The Morgan fingerprint density at radius 1 is 1.20 bits per heavy atom. The van der Waals surface area contributed by atoms with Crippen LogP contribution in [0, 0.1) is 11.3 Å². The Balaban J connectivity index is 2.09. The molecule has 0 radical (unpaired) electrons. The molecule has 2 N–H and O–H groups in total. The van der Waals surface area contributed by atoms with Gasteiger partial charge >= 0.3 is 0 Å². The predicted molar refractivity (Wildman–Crippen MR) is 56.1 cm³/mol. The minimum Gasteiger partial charge on any atom is -0.325 e. The maximum Gasteiger partial charge on any atom is 0.299 e. The molecule has 3 rings (SSSR count). The highest BCUT2D eigenvalue weighted by molar-refractivity contribution is 4.91. The van der Waals surface area contributed by atoms with Gasteiger partial charge in [-0.25, -0.2) is 0 Å². The molecule has 4 heteroatoms. The van der Waals surface area contributed by atoms with E-state index in [1.165, 1.54) is 0 Å². The van der Waals surface area contributed by atoms with Gasteiger partial charge in [0, 0.05) is 5.41 Å². The zero-order valence-corrected chi connectivity index (χ0v) is 9.79. The monoisotopic (exact) mass is 215 g/mol. The molecule has 0 unspecified atom stereocenters. The lowest BCUT2D eigenvalue weighted by molar-refractivity contribution is -0.474. The third-order valence-electron chi connectivity index (χ3n) is 3.53. The van der Waals surface area contributed by atoms with Crippen LogP contribution in [0.2, 0.25) is 0 Å². The summed E-state index contributed by atoms with van der Waals surface area (Å²) in [6.07, 6.45) is 0.996. The molecule has 88 valence electrons. The molecule has 15 heavy (non-hydrogen) atoms. The molecule has 0 spiro atoms. The van der Waals surface area contributed by atoms with Gasteiger partial charge in [-0.1, -0.05) is 27.2 Å². The lowest BCUT2D eigenvalue weighted by atomic mass is 9.89. The van der Waals surface area contributed by atoms with Crippen molar-refractivity contribution in [2.45, 2.75) is 39.2 Å². The van der Waals surface area contributed by atoms with Crippen LogP contribution in [0.3, 0.4) is 0 Å². The maximum atomic E-state index is 6.14. The first-order valence-electron chi connectivity index (χ1n) is 5.69. The van der Waals surface area contributed by atoms with E-state index in [9.17, 15) is 0 Å². The van der Waals surface area contributed by atoms with E-state index in [4.69, 9.17) is 19.9 Å². The molecule has 3 aliphatic rings. The fourth-order valence-electron chi connectivity index (χ4n) is 1.97. The highest BCUT2D eigenvalue weighted by atomic mass is 16.9. The molecule has 2 bridgehead atoms. The number of nitrogens with two attached hydrogens (primary N) is 1. The Kier molecular flexibility index (Phi) is 2.79. The number of hydrogen-bond donors (Lipinski definition) is 1. The summed E-state index contributed by atoms with van der Waals surface area (Å²) >= 11 is 0. The van der Waals surface area contributed by atoms with Crippen LogP contribution in [0.4, 0.5) is 0 Å². The lowest BCUT2D eigenvalue weighted by Crippen LogP contribution is -2.67. The molecule has 0 amide bonds. The Morgan fingerprint density at radius 3 is 2.07 bits per heavy atom. The minimum absolute atomic E-state index is 0.0108. The summed E-state index contributed by atoms with van der Waals surface area (Å²) in [6.45, 7) is 8.34. The molecule has 3 heterocycles. The first-order valence-corrected chi connectivity index (χ1v) is 5.69. The Bertz CT molecular complexity index is 219. The molecule has 0 aromatic heterocycles. The Morgan fingerprint density at radius 2 is 1.67 bits per heavy atom. The SMILES string of the molecule is CC[C@H](C)[C@H](N)C12OCC(C)(CO1)CO2. The maximum absolute atomic E-state index is 6.14. The summed E-state index contributed by atoms with van der Waals surface area (Å²) < 4.78 is 17.0. The molecule has 0 aromatic rings. The summed E-state index contributed by atoms with van der Waals surface area (Å²) in [5.41, 5.74) is 6.15. The predicted octanol–water partition coefficient (Wildman–Crippen LogP) is 1.10. The molecule has 0 aliphatic carbocycles. The second-order valence-corrected chi connectivity index (χ2v) is 5.19. The second-order valence-electron chi connectivity index (χ2n) is 5.19. The number of hydrogen-bond acceptors (Lipinski definition) is 4. The van der Waals surface area contributed by atoms with Crippen molar-refractivity contribution < 1.29 is 14.2 Å². The van der Waals surface area contributed by atoms with E-state index in [2.05, 4.69) is 20.8 Å². The van der Waals surface area contributed by atoms with Gasteiger partial charge in [-0.15, -0.1) is 0 Å². The van der Waals surface area contributed by atoms with E-state index in [-0.39, 0.29) is 11.5 Å². The van der Waals surface area contributed by atoms with Gasteiger partial charge in [0.2, 0.25) is 0 Å². The largest absolute Gasteiger partial charge is 0.325 e. The van der Waals surface area contributed by atoms with Gasteiger partial charge in [-0.3, -0.25) is 0 Å². The van der Waals surface area contributed by atoms with Crippen molar-refractivity contribution in [2.24, 2.45) is 17.1 Å². The van der Waals surface area contributed by atoms with Crippen molar-refractivity contribution in [1.82, 2.24) is 0 Å². The molecule has 0 aromatic carbocycles. The Labute approximate surface area is 91.1 Å². The van der Waals surface area contributed by atoms with Crippen LogP contribution in [-0.4, -0.2) is 31.8 Å². The van der Waals surface area contributed by atoms with Gasteiger partial charge in [0.1, 0.15) is 0 Å². The normalized spacial score (nSPS) is 44.0. The summed E-state index contributed by atoms with van der Waals surface area (Å²) in [5.74, 6) is -0.653. The topological polar surface area (TPSA) is 53.7 Å². The first kappa shape index (κ1) is 11.3. The van der Waals surface area contributed by atoms with Gasteiger partial charge in [-0.2, -0.15) is 0 Å². The molecule has 3 saturated heterocycles. The standard InChI is InChI=1S/C11H21NO3/c1-4-8(2)9(12)11-13-5-10(3,6-14-11)7-15-11/h8-9H,4-7,12H2,1-3H3/t8-,9-,10?,11?/m0/s1. The van der Waals surface area contributed by atoms with Crippen LogP contribution < -0.4 is 5.73 Å². The van der Waals surface area contributed by atoms with E-state index >= 15 is 0 Å². The van der Waals surface area contributed by atoms with Crippen LogP contribution >= 0.6 is 0 Å². The van der Waals surface area contributed by atoms with Gasteiger partial charge in [0.15, 0.2) is 0 Å². The lowest BCUT2D eigenvalue weighted by Gasteiger charge is -2.53. The first-order chi connectivity index (χ1) is 7.01. The smallest absolute Gasteiger partial charge is 0.299 e. The third-order valence-corrected chi connectivity index (χ3v) is 3.53. The van der Waals surface area contributed by atoms with E-state index < -0.39 is 5.97 Å². The quantitative estimate of drug-likeness (QED) is 0.766. The van der Waals surface area contributed by atoms with Crippen LogP contribution in [0.15, 0.2) is 0 Å². The fourth-order valence-corrected chi connectivity index (χ4v) is 1.97. The van der Waals surface area contributed by atoms with E-state index in [0.717, 1.165) is 6.42 Å². The molecule has 4 nitrogen and oxygen atoms in total. The van der Waals surface area contributed by atoms with Crippen LogP contribution in [0.25, 0.3) is 0 Å². The van der Waals surface area contributed by atoms with Crippen molar-refractivity contribution in [3.05, 3.63) is 0 Å². The van der Waals surface area contributed by atoms with Gasteiger partial charge < -0.3 is 19.9 Å². The number of rotatable bonds is 3. The van der Waals surface area contributed by atoms with Crippen LogP contribution in [0.5, 0.6) is 0 Å². The molecule has 3 fully saturated rings. The number of ether oxygens (including phenoxy) is 3. The number of fused-ring (bicyclic) bond motifs is 3. The molecule has 2 atom stereocenters. The highest BCUT2D eigenvalue weighted by Gasteiger charge is 2.54. The summed E-state index contributed by atoms with van der Waals surface area (Å²) in [6, 6.07) is -0.215. The average molecular weight is 215 g/mol.